The summed E-state index contributed by atoms with van der Waals surface area (Å²) in [6.45, 7) is 1.76. The topological polar surface area (TPSA) is 77.7 Å². The van der Waals surface area contributed by atoms with Crippen LogP contribution in [0.5, 0.6) is 11.5 Å². The van der Waals surface area contributed by atoms with Crippen molar-refractivity contribution >= 4 is 11.7 Å². The number of fused-ring (bicyclic) bond motifs is 1. The first-order valence-electron chi connectivity index (χ1n) is 8.35. The monoisotopic (exact) mass is 383 g/mol. The first-order valence-corrected chi connectivity index (χ1v) is 8.35. The molecule has 0 bridgehead atoms. The molecule has 1 aromatic heterocycles. The summed E-state index contributed by atoms with van der Waals surface area (Å²) in [6.07, 6.45) is -2.16. The smallest absolute Gasteiger partial charge is 0.395 e. The standard InChI is InChI=1S/C20H15F2N3O3/c1-12-9-16-17(28-20(21,22)27-16)10-15(12)14-7-8-18(24-11-14)25(23)19(26)13-5-3-2-4-6-13/h2-11H,23H2,1H3. The maximum atomic E-state index is 13.3. The summed E-state index contributed by atoms with van der Waals surface area (Å²) < 4.78 is 35.5. The van der Waals surface area contributed by atoms with Gasteiger partial charge in [0.1, 0.15) is 5.82 Å². The first kappa shape index (κ1) is 17.9. The summed E-state index contributed by atoms with van der Waals surface area (Å²) >= 11 is 0. The molecule has 1 aliphatic rings. The molecule has 2 heterocycles. The highest BCUT2D eigenvalue weighted by molar-refractivity contribution is 6.04. The van der Waals surface area contributed by atoms with Crippen LogP contribution in [0.4, 0.5) is 14.6 Å². The number of ether oxygens (including phenoxy) is 2. The molecule has 0 fully saturated rings. The highest BCUT2D eigenvalue weighted by Gasteiger charge is 2.43. The van der Waals surface area contributed by atoms with E-state index >= 15 is 0 Å². The predicted molar refractivity (Wildman–Crippen MR) is 98.1 cm³/mol. The van der Waals surface area contributed by atoms with E-state index in [1.165, 1.54) is 18.3 Å². The van der Waals surface area contributed by atoms with Crippen LogP contribution in [0.1, 0.15) is 15.9 Å². The zero-order valence-electron chi connectivity index (χ0n) is 14.7. The molecule has 3 aromatic rings. The number of hydrogen-bond acceptors (Lipinski definition) is 5. The van der Waals surface area contributed by atoms with Crippen LogP contribution < -0.4 is 20.3 Å². The van der Waals surface area contributed by atoms with E-state index < -0.39 is 12.2 Å². The van der Waals surface area contributed by atoms with Crippen molar-refractivity contribution in [1.29, 1.82) is 0 Å². The van der Waals surface area contributed by atoms with Gasteiger partial charge in [-0.3, -0.25) is 4.79 Å². The van der Waals surface area contributed by atoms with Gasteiger partial charge < -0.3 is 9.47 Å². The fraction of sp³-hybridized carbons (Fsp3) is 0.100. The van der Waals surface area contributed by atoms with Crippen molar-refractivity contribution < 1.29 is 23.0 Å². The van der Waals surface area contributed by atoms with Crippen molar-refractivity contribution in [3.05, 3.63) is 71.9 Å². The molecule has 0 saturated heterocycles. The van der Waals surface area contributed by atoms with Crippen molar-refractivity contribution in [2.45, 2.75) is 13.2 Å². The number of aryl methyl sites for hydroxylation is 1. The first-order chi connectivity index (χ1) is 13.3. The average molecular weight is 383 g/mol. The molecule has 28 heavy (non-hydrogen) atoms. The molecule has 2 aromatic carbocycles. The molecule has 4 rings (SSSR count). The van der Waals surface area contributed by atoms with E-state index in [-0.39, 0.29) is 17.3 Å². The van der Waals surface area contributed by atoms with Gasteiger partial charge in [-0.05, 0) is 54.4 Å². The minimum atomic E-state index is -3.67. The lowest BCUT2D eigenvalue weighted by molar-refractivity contribution is -0.286. The molecule has 1 aliphatic heterocycles. The molecule has 0 radical (unpaired) electrons. The molecule has 1 amide bonds. The van der Waals surface area contributed by atoms with Crippen LogP contribution in [0.3, 0.4) is 0 Å². The van der Waals surface area contributed by atoms with E-state index in [4.69, 9.17) is 5.84 Å². The Morgan fingerprint density at radius 3 is 2.39 bits per heavy atom. The molecular formula is C20H15F2N3O3. The van der Waals surface area contributed by atoms with Crippen molar-refractivity contribution in [3.63, 3.8) is 0 Å². The number of hydrogen-bond donors (Lipinski definition) is 1. The second-order valence-electron chi connectivity index (χ2n) is 6.23. The van der Waals surface area contributed by atoms with Crippen LogP contribution in [0.25, 0.3) is 11.1 Å². The summed E-state index contributed by atoms with van der Waals surface area (Å²) in [5.41, 5.74) is 2.45. The minimum absolute atomic E-state index is 0.0163. The fourth-order valence-corrected chi connectivity index (χ4v) is 2.92. The summed E-state index contributed by atoms with van der Waals surface area (Å²) in [5, 5.41) is 0.951. The minimum Gasteiger partial charge on any atom is -0.395 e. The number of nitrogens with zero attached hydrogens (tertiary/aromatic N) is 2. The van der Waals surface area contributed by atoms with Crippen LogP contribution in [-0.4, -0.2) is 17.2 Å². The Bertz CT molecular complexity index is 1040. The van der Waals surface area contributed by atoms with E-state index in [0.29, 0.717) is 22.3 Å². The molecule has 0 spiro atoms. The number of anilines is 1. The third-order valence-electron chi connectivity index (χ3n) is 4.29. The number of alkyl halides is 2. The number of benzene rings is 2. The third kappa shape index (κ3) is 3.25. The van der Waals surface area contributed by atoms with Crippen molar-refractivity contribution in [2.24, 2.45) is 5.84 Å². The maximum absolute atomic E-state index is 13.3. The number of amides is 1. The Hall–Kier alpha value is -3.52. The van der Waals surface area contributed by atoms with Crippen LogP contribution in [0, 0.1) is 6.92 Å². The zero-order valence-corrected chi connectivity index (χ0v) is 14.7. The number of halogens is 2. The molecule has 2 N–H and O–H groups in total. The van der Waals surface area contributed by atoms with Gasteiger partial charge in [0.15, 0.2) is 11.5 Å². The van der Waals surface area contributed by atoms with Gasteiger partial charge in [-0.25, -0.2) is 15.8 Å². The van der Waals surface area contributed by atoms with Crippen molar-refractivity contribution in [1.82, 2.24) is 4.98 Å². The van der Waals surface area contributed by atoms with Gasteiger partial charge in [-0.2, -0.15) is 0 Å². The van der Waals surface area contributed by atoms with E-state index in [0.717, 1.165) is 5.01 Å². The van der Waals surface area contributed by atoms with Crippen molar-refractivity contribution in [3.8, 4) is 22.6 Å². The van der Waals surface area contributed by atoms with Crippen LogP contribution in [0.15, 0.2) is 60.8 Å². The third-order valence-corrected chi connectivity index (χ3v) is 4.29. The summed E-state index contributed by atoms with van der Waals surface area (Å²) in [7, 11) is 0. The lowest BCUT2D eigenvalue weighted by atomic mass is 10.0. The lowest BCUT2D eigenvalue weighted by Crippen LogP contribution is -2.38. The number of hydrazine groups is 1. The number of carbonyl (C=O) groups excluding carboxylic acids is 1. The Labute approximate surface area is 159 Å². The highest BCUT2D eigenvalue weighted by Crippen LogP contribution is 2.44. The van der Waals surface area contributed by atoms with E-state index in [9.17, 15) is 13.6 Å². The number of nitrogens with two attached hydrogens (primary N) is 1. The predicted octanol–water partition coefficient (Wildman–Crippen LogP) is 3.90. The van der Waals surface area contributed by atoms with Gasteiger partial charge in [0, 0.05) is 17.3 Å². The largest absolute Gasteiger partial charge is 0.586 e. The SMILES string of the molecule is Cc1cc2c(cc1-c1ccc(N(N)C(=O)c3ccccc3)nc1)OC(F)(F)O2. The lowest BCUT2D eigenvalue weighted by Gasteiger charge is -2.16. The second kappa shape index (κ2) is 6.58. The second-order valence-corrected chi connectivity index (χ2v) is 6.23. The van der Waals surface area contributed by atoms with Crippen LogP contribution in [0.2, 0.25) is 0 Å². The summed E-state index contributed by atoms with van der Waals surface area (Å²) in [4.78, 5) is 16.6. The molecular weight excluding hydrogens is 368 g/mol. The highest BCUT2D eigenvalue weighted by atomic mass is 19.3. The maximum Gasteiger partial charge on any atom is 0.586 e. The van der Waals surface area contributed by atoms with Gasteiger partial charge in [0.2, 0.25) is 0 Å². The molecule has 0 atom stereocenters. The van der Waals surface area contributed by atoms with Gasteiger partial charge >= 0.3 is 6.29 Å². The quantitative estimate of drug-likeness (QED) is 0.422. The molecule has 0 unspecified atom stereocenters. The van der Waals surface area contributed by atoms with Gasteiger partial charge in [-0.1, -0.05) is 18.2 Å². The molecule has 8 heteroatoms. The Kier molecular flexibility index (Phi) is 4.20. The summed E-state index contributed by atoms with van der Waals surface area (Å²) in [6, 6.07) is 14.8. The number of pyridine rings is 1. The number of rotatable bonds is 3. The zero-order chi connectivity index (χ0) is 19.9. The van der Waals surface area contributed by atoms with Gasteiger partial charge in [-0.15, -0.1) is 8.78 Å². The van der Waals surface area contributed by atoms with E-state index in [1.807, 2.05) is 0 Å². The van der Waals surface area contributed by atoms with Gasteiger partial charge in [0.25, 0.3) is 5.91 Å². The van der Waals surface area contributed by atoms with Gasteiger partial charge in [0.05, 0.1) is 0 Å². The Balaban J connectivity index is 1.60. The molecule has 142 valence electrons. The normalized spacial score (nSPS) is 14.0. The van der Waals surface area contributed by atoms with Crippen LogP contribution in [-0.2, 0) is 0 Å². The molecule has 6 nitrogen and oxygen atoms in total. The van der Waals surface area contributed by atoms with Crippen LogP contribution >= 0.6 is 0 Å². The number of aromatic nitrogens is 1. The molecule has 0 aliphatic carbocycles. The number of carbonyl (C=O) groups is 1. The Morgan fingerprint density at radius 1 is 1.07 bits per heavy atom. The van der Waals surface area contributed by atoms with E-state index in [1.54, 1.807) is 49.4 Å². The van der Waals surface area contributed by atoms with E-state index in [2.05, 4.69) is 14.5 Å². The fourth-order valence-electron chi connectivity index (χ4n) is 2.92. The average Bonchev–Trinajstić information content (AvgIpc) is 2.99. The van der Waals surface area contributed by atoms with Crippen molar-refractivity contribution in [2.75, 3.05) is 5.01 Å². The summed E-state index contributed by atoms with van der Waals surface area (Å²) in [5.74, 6) is 5.68. The Morgan fingerprint density at radius 2 is 1.75 bits per heavy atom. The molecule has 0 saturated carbocycles.